The van der Waals surface area contributed by atoms with Crippen molar-refractivity contribution in [1.29, 1.82) is 0 Å². The Hall–Kier alpha value is -1.39. The van der Waals surface area contributed by atoms with Crippen LogP contribution in [0.1, 0.15) is 11.6 Å². The molecular weight excluding hydrogens is 278 g/mol. The van der Waals surface area contributed by atoms with Crippen molar-refractivity contribution in [3.05, 3.63) is 58.8 Å². The van der Waals surface area contributed by atoms with Crippen LogP contribution >= 0.6 is 15.9 Å². The Morgan fingerprint density at radius 2 is 2.06 bits per heavy atom. The molecule has 88 valence electrons. The normalized spacial score (nSPS) is 12.1. The Labute approximate surface area is 109 Å². The number of anilines is 1. The highest BCUT2D eigenvalue weighted by Gasteiger charge is 2.10. The molecule has 2 rings (SSSR count). The number of benzene rings is 1. The number of nitrogens with one attached hydrogen (secondary N) is 1. The van der Waals surface area contributed by atoms with E-state index >= 15 is 0 Å². The molecule has 1 aromatic carbocycles. The van der Waals surface area contributed by atoms with Crippen molar-refractivity contribution in [2.24, 2.45) is 5.73 Å². The summed E-state index contributed by atoms with van der Waals surface area (Å²) < 4.78 is 1.03. The summed E-state index contributed by atoms with van der Waals surface area (Å²) in [5, 5.41) is 3.40. The van der Waals surface area contributed by atoms with Gasteiger partial charge < -0.3 is 11.1 Å². The van der Waals surface area contributed by atoms with Gasteiger partial charge in [-0.3, -0.25) is 4.98 Å². The second-order valence-electron chi connectivity index (χ2n) is 3.70. The fourth-order valence-electron chi connectivity index (χ4n) is 1.63. The van der Waals surface area contributed by atoms with Gasteiger partial charge in [0.25, 0.3) is 0 Å². The first-order valence-corrected chi connectivity index (χ1v) is 6.21. The van der Waals surface area contributed by atoms with E-state index in [4.69, 9.17) is 5.73 Å². The van der Waals surface area contributed by atoms with Gasteiger partial charge in [0.2, 0.25) is 0 Å². The van der Waals surface area contributed by atoms with Crippen LogP contribution in [0.2, 0.25) is 0 Å². The van der Waals surface area contributed by atoms with Gasteiger partial charge in [-0.25, -0.2) is 0 Å². The molecule has 4 heteroatoms. The van der Waals surface area contributed by atoms with E-state index in [2.05, 4.69) is 26.2 Å². The summed E-state index contributed by atoms with van der Waals surface area (Å²) in [4.78, 5) is 4.11. The summed E-state index contributed by atoms with van der Waals surface area (Å²) in [5.41, 5.74) is 7.92. The molecule has 0 aliphatic heterocycles. The van der Waals surface area contributed by atoms with E-state index < -0.39 is 0 Å². The molecule has 2 aromatic rings. The van der Waals surface area contributed by atoms with Gasteiger partial charge in [0.05, 0.1) is 6.04 Å². The monoisotopic (exact) mass is 291 g/mol. The minimum absolute atomic E-state index is 0.0717. The van der Waals surface area contributed by atoms with Crippen molar-refractivity contribution < 1.29 is 0 Å². The minimum atomic E-state index is 0.0717. The van der Waals surface area contributed by atoms with Crippen LogP contribution in [0.15, 0.2) is 53.3 Å². The summed E-state index contributed by atoms with van der Waals surface area (Å²) in [6.45, 7) is 0.521. The summed E-state index contributed by atoms with van der Waals surface area (Å²) in [7, 11) is 0. The average molecular weight is 292 g/mol. The maximum absolute atomic E-state index is 5.80. The molecule has 1 unspecified atom stereocenters. The number of pyridine rings is 1. The molecule has 3 nitrogen and oxygen atoms in total. The Balaban J connectivity index is 2.19. The van der Waals surface area contributed by atoms with Crippen molar-refractivity contribution in [3.8, 4) is 0 Å². The predicted octanol–water partition coefficient (Wildman–Crippen LogP) is 2.96. The van der Waals surface area contributed by atoms with Crippen molar-refractivity contribution in [3.63, 3.8) is 0 Å². The lowest BCUT2D eigenvalue weighted by Crippen LogP contribution is -2.20. The lowest BCUT2D eigenvalue weighted by molar-refractivity contribution is 0.784. The van der Waals surface area contributed by atoms with Crippen LogP contribution in [0.25, 0.3) is 0 Å². The zero-order chi connectivity index (χ0) is 12.1. The molecule has 0 aliphatic carbocycles. The van der Waals surface area contributed by atoms with E-state index in [-0.39, 0.29) is 6.04 Å². The topological polar surface area (TPSA) is 50.9 Å². The molecule has 0 bridgehead atoms. The molecule has 1 heterocycles. The van der Waals surface area contributed by atoms with Crippen LogP contribution in [-0.4, -0.2) is 11.5 Å². The van der Waals surface area contributed by atoms with Gasteiger partial charge in [-0.15, -0.1) is 0 Å². The molecule has 1 aromatic heterocycles. The van der Waals surface area contributed by atoms with Gasteiger partial charge in [-0.05, 0) is 39.7 Å². The lowest BCUT2D eigenvalue weighted by atomic mass is 10.1. The van der Waals surface area contributed by atoms with E-state index in [1.165, 1.54) is 0 Å². The van der Waals surface area contributed by atoms with Crippen molar-refractivity contribution in [1.82, 2.24) is 4.98 Å². The first kappa shape index (κ1) is 12.1. The van der Waals surface area contributed by atoms with Gasteiger partial charge in [0.15, 0.2) is 0 Å². The molecule has 0 saturated carbocycles. The minimum Gasteiger partial charge on any atom is -0.376 e. The zero-order valence-corrected chi connectivity index (χ0v) is 10.9. The molecule has 17 heavy (non-hydrogen) atoms. The van der Waals surface area contributed by atoms with Crippen molar-refractivity contribution in [2.75, 3.05) is 11.9 Å². The number of hydrogen-bond acceptors (Lipinski definition) is 3. The highest BCUT2D eigenvalue weighted by molar-refractivity contribution is 9.10. The molecule has 1 atom stereocenters. The molecule has 0 aliphatic rings. The number of nitrogens with two attached hydrogens (primary N) is 1. The Bertz CT molecular complexity index is 473. The second-order valence-corrected chi connectivity index (χ2v) is 4.55. The van der Waals surface area contributed by atoms with Gasteiger partial charge in [0, 0.05) is 29.1 Å². The number of halogens is 1. The Morgan fingerprint density at radius 1 is 1.24 bits per heavy atom. The summed E-state index contributed by atoms with van der Waals surface area (Å²) in [5.74, 6) is 0. The van der Waals surface area contributed by atoms with E-state index in [0.717, 1.165) is 15.7 Å². The van der Waals surface area contributed by atoms with E-state index in [0.29, 0.717) is 6.54 Å². The highest BCUT2D eigenvalue weighted by Crippen LogP contribution is 2.25. The third kappa shape index (κ3) is 3.05. The highest BCUT2D eigenvalue weighted by atomic mass is 79.9. The molecule has 3 N–H and O–H groups in total. The first-order valence-electron chi connectivity index (χ1n) is 5.42. The van der Waals surface area contributed by atoms with Crippen molar-refractivity contribution in [2.45, 2.75) is 6.04 Å². The molecule has 0 saturated heterocycles. The maximum atomic E-state index is 5.80. The van der Waals surface area contributed by atoms with Gasteiger partial charge in [-0.2, -0.15) is 0 Å². The van der Waals surface area contributed by atoms with Crippen LogP contribution in [0.3, 0.4) is 0 Å². The number of para-hydroxylation sites is 1. The lowest BCUT2D eigenvalue weighted by Gasteiger charge is -2.19. The average Bonchev–Trinajstić information content (AvgIpc) is 2.39. The molecule has 0 spiro atoms. The molecule has 0 radical (unpaired) electrons. The molecule has 0 fully saturated rings. The fraction of sp³-hybridized carbons (Fsp3) is 0.154. The Kier molecular flexibility index (Phi) is 4.12. The van der Waals surface area contributed by atoms with Crippen LogP contribution < -0.4 is 11.1 Å². The Morgan fingerprint density at radius 3 is 2.71 bits per heavy atom. The second kappa shape index (κ2) is 5.80. The maximum Gasteiger partial charge on any atom is 0.0651 e. The first-order chi connectivity index (χ1) is 8.31. The number of aromatic nitrogens is 1. The number of hydrogen-bond donors (Lipinski definition) is 2. The number of rotatable bonds is 4. The molecular formula is C13H14BrN3. The molecule has 0 amide bonds. The van der Waals surface area contributed by atoms with Crippen LogP contribution in [-0.2, 0) is 0 Å². The van der Waals surface area contributed by atoms with Crippen LogP contribution in [0.5, 0.6) is 0 Å². The third-order valence-electron chi connectivity index (χ3n) is 2.53. The number of nitrogens with zero attached hydrogens (tertiary/aromatic N) is 1. The van der Waals surface area contributed by atoms with E-state index in [1.54, 1.807) is 6.20 Å². The SMILES string of the molecule is NCC(Nc1ccccc1Br)c1cccnc1. The fourth-order valence-corrected chi connectivity index (χ4v) is 2.03. The largest absolute Gasteiger partial charge is 0.376 e. The van der Waals surface area contributed by atoms with Gasteiger partial charge in [-0.1, -0.05) is 18.2 Å². The van der Waals surface area contributed by atoms with E-state index in [9.17, 15) is 0 Å². The zero-order valence-electron chi connectivity index (χ0n) is 9.31. The van der Waals surface area contributed by atoms with Crippen molar-refractivity contribution >= 4 is 21.6 Å². The summed E-state index contributed by atoms with van der Waals surface area (Å²) in [6.07, 6.45) is 3.59. The smallest absolute Gasteiger partial charge is 0.0651 e. The summed E-state index contributed by atoms with van der Waals surface area (Å²) >= 11 is 3.51. The predicted molar refractivity (Wildman–Crippen MR) is 73.8 cm³/mol. The van der Waals surface area contributed by atoms with Gasteiger partial charge in [0.1, 0.15) is 0 Å². The van der Waals surface area contributed by atoms with Crippen LogP contribution in [0.4, 0.5) is 5.69 Å². The van der Waals surface area contributed by atoms with Crippen LogP contribution in [0, 0.1) is 0 Å². The van der Waals surface area contributed by atoms with E-state index in [1.807, 2.05) is 42.6 Å². The summed E-state index contributed by atoms with van der Waals surface area (Å²) in [6, 6.07) is 12.0. The standard InChI is InChI=1S/C13H14BrN3/c14-11-5-1-2-6-12(11)17-13(8-15)10-4-3-7-16-9-10/h1-7,9,13,17H,8,15H2. The third-order valence-corrected chi connectivity index (χ3v) is 3.22. The van der Waals surface area contributed by atoms with Gasteiger partial charge >= 0.3 is 0 Å². The quantitative estimate of drug-likeness (QED) is 0.911.